The molecule has 0 bridgehead atoms. The number of amides is 1. The monoisotopic (exact) mass is 469 g/mol. The van der Waals surface area contributed by atoms with E-state index in [2.05, 4.69) is 15.3 Å². The second kappa shape index (κ2) is 9.10. The highest BCUT2D eigenvalue weighted by atomic mass is 35.5. The van der Waals surface area contributed by atoms with Crippen LogP contribution in [0.2, 0.25) is 5.02 Å². The lowest BCUT2D eigenvalue weighted by atomic mass is 9.88. The van der Waals surface area contributed by atoms with Gasteiger partial charge in [-0.1, -0.05) is 11.6 Å². The molecule has 0 radical (unpaired) electrons. The predicted molar refractivity (Wildman–Crippen MR) is 108 cm³/mol. The van der Waals surface area contributed by atoms with Crippen molar-refractivity contribution in [1.29, 1.82) is 5.26 Å². The van der Waals surface area contributed by atoms with Gasteiger partial charge in [0.15, 0.2) is 5.60 Å². The van der Waals surface area contributed by atoms with Gasteiger partial charge in [-0.05, 0) is 24.3 Å². The van der Waals surface area contributed by atoms with Crippen molar-refractivity contribution in [3.8, 4) is 6.07 Å². The molecule has 0 aliphatic carbocycles. The lowest BCUT2D eigenvalue weighted by Gasteiger charge is -2.40. The van der Waals surface area contributed by atoms with Crippen molar-refractivity contribution < 1.29 is 27.1 Å². The van der Waals surface area contributed by atoms with Crippen LogP contribution in [0.5, 0.6) is 0 Å². The average molecular weight is 470 g/mol. The topological polar surface area (TPSA) is 113 Å². The number of amidine groups is 1. The molecule has 1 aliphatic heterocycles. The molecule has 1 atom stereocenters. The zero-order chi connectivity index (χ0) is 23.5. The van der Waals surface area contributed by atoms with Crippen LogP contribution in [0.4, 0.5) is 23.2 Å². The highest BCUT2D eigenvalue weighted by Gasteiger charge is 2.48. The minimum atomic E-state index is -2.15. The number of nitrogens with one attached hydrogen (secondary N) is 1. The fourth-order valence-corrected chi connectivity index (χ4v) is 3.29. The first-order valence-electron chi connectivity index (χ1n) is 9.09. The molecule has 0 saturated carbocycles. The number of rotatable bonds is 6. The van der Waals surface area contributed by atoms with E-state index in [0.717, 1.165) is 18.3 Å². The molecule has 7 nitrogen and oxygen atoms in total. The minimum absolute atomic E-state index is 0.0306. The second-order valence-electron chi connectivity index (χ2n) is 7.03. The number of nitrogens with two attached hydrogens (primary N) is 1. The first kappa shape index (κ1) is 23.4. The SMILES string of the molecule is N#Cc1cnc(C(=O)Nc2ccc(F)c([C@]3(CF)COC(CF)(CF)C(N)=N3)c2)c(Cl)c1. The summed E-state index contributed by atoms with van der Waals surface area (Å²) in [6, 6.07) is 6.32. The van der Waals surface area contributed by atoms with Crippen LogP contribution in [-0.2, 0) is 10.3 Å². The number of carbonyl (C=O) groups excluding carboxylic acids is 1. The molecule has 1 aromatic heterocycles. The van der Waals surface area contributed by atoms with E-state index in [0.29, 0.717) is 0 Å². The fourth-order valence-electron chi connectivity index (χ4n) is 3.04. The van der Waals surface area contributed by atoms with Gasteiger partial charge < -0.3 is 15.8 Å². The lowest BCUT2D eigenvalue weighted by molar-refractivity contribution is -0.0644. The maximum Gasteiger partial charge on any atom is 0.275 e. The number of aliphatic imine (C=N–C) groups is 1. The number of pyridine rings is 1. The largest absolute Gasteiger partial charge is 0.385 e. The Kier molecular flexibility index (Phi) is 6.66. The maximum atomic E-state index is 14.6. The van der Waals surface area contributed by atoms with Crippen LogP contribution >= 0.6 is 11.6 Å². The number of hydrogen-bond acceptors (Lipinski definition) is 6. The molecule has 168 valence electrons. The number of carbonyl (C=O) groups is 1. The molecule has 12 heteroatoms. The molecule has 1 aliphatic rings. The number of halogens is 5. The maximum absolute atomic E-state index is 14.6. The molecule has 2 aromatic rings. The van der Waals surface area contributed by atoms with E-state index in [4.69, 9.17) is 27.3 Å². The van der Waals surface area contributed by atoms with E-state index in [9.17, 15) is 22.4 Å². The van der Waals surface area contributed by atoms with E-state index in [-0.39, 0.29) is 27.5 Å². The molecule has 0 fully saturated rings. The zero-order valence-corrected chi connectivity index (χ0v) is 17.1. The third-order valence-electron chi connectivity index (χ3n) is 4.95. The Morgan fingerprint density at radius 3 is 2.56 bits per heavy atom. The van der Waals surface area contributed by atoms with Crippen LogP contribution < -0.4 is 11.1 Å². The van der Waals surface area contributed by atoms with Crippen molar-refractivity contribution in [2.75, 3.05) is 31.9 Å². The summed E-state index contributed by atoms with van der Waals surface area (Å²) in [6.07, 6.45) is 1.15. The van der Waals surface area contributed by atoms with Crippen molar-refractivity contribution in [2.45, 2.75) is 11.1 Å². The summed E-state index contributed by atoms with van der Waals surface area (Å²) >= 11 is 5.97. The van der Waals surface area contributed by atoms with E-state index in [1.807, 2.05) is 6.07 Å². The van der Waals surface area contributed by atoms with Gasteiger partial charge in [0.05, 0.1) is 17.2 Å². The first-order valence-corrected chi connectivity index (χ1v) is 9.46. The van der Waals surface area contributed by atoms with Gasteiger partial charge in [0.2, 0.25) is 0 Å². The van der Waals surface area contributed by atoms with Gasteiger partial charge in [-0.2, -0.15) is 5.26 Å². The number of nitrogens with zero attached hydrogens (tertiary/aromatic N) is 3. The summed E-state index contributed by atoms with van der Waals surface area (Å²) in [6.45, 7) is -4.65. The number of nitriles is 1. The molecule has 3 N–H and O–H groups in total. The highest BCUT2D eigenvalue weighted by molar-refractivity contribution is 6.34. The number of hydrogen-bond donors (Lipinski definition) is 2. The normalized spacial score (nSPS) is 19.7. The van der Waals surface area contributed by atoms with Crippen molar-refractivity contribution in [3.05, 3.63) is 58.1 Å². The van der Waals surface area contributed by atoms with Crippen molar-refractivity contribution in [2.24, 2.45) is 10.7 Å². The Morgan fingerprint density at radius 1 is 1.28 bits per heavy atom. The number of alkyl halides is 3. The smallest absolute Gasteiger partial charge is 0.275 e. The van der Waals surface area contributed by atoms with E-state index in [1.54, 1.807) is 0 Å². The molecule has 1 aromatic carbocycles. The molecule has 0 spiro atoms. The van der Waals surface area contributed by atoms with Gasteiger partial charge in [-0.3, -0.25) is 9.79 Å². The van der Waals surface area contributed by atoms with Gasteiger partial charge in [-0.15, -0.1) is 0 Å². The fraction of sp³-hybridized carbons (Fsp3) is 0.300. The third kappa shape index (κ3) is 4.11. The van der Waals surface area contributed by atoms with E-state index >= 15 is 0 Å². The molecule has 0 saturated heterocycles. The summed E-state index contributed by atoms with van der Waals surface area (Å²) in [5, 5.41) is 11.2. The van der Waals surface area contributed by atoms with E-state index < -0.39 is 55.3 Å². The Balaban J connectivity index is 1.96. The van der Waals surface area contributed by atoms with E-state index in [1.165, 1.54) is 12.1 Å². The third-order valence-corrected chi connectivity index (χ3v) is 5.24. The Hall–Kier alpha value is -3.23. The Bertz CT molecular complexity index is 1120. The van der Waals surface area contributed by atoms with Gasteiger partial charge >= 0.3 is 0 Å². The second-order valence-corrected chi connectivity index (χ2v) is 7.43. The minimum Gasteiger partial charge on any atom is -0.385 e. The van der Waals surface area contributed by atoms with Crippen molar-refractivity contribution in [1.82, 2.24) is 4.98 Å². The van der Waals surface area contributed by atoms with Crippen LogP contribution in [-0.4, -0.2) is 49.0 Å². The van der Waals surface area contributed by atoms with Crippen molar-refractivity contribution >= 4 is 29.0 Å². The first-order chi connectivity index (χ1) is 15.2. The van der Waals surface area contributed by atoms with Crippen LogP contribution in [0, 0.1) is 17.1 Å². The van der Waals surface area contributed by atoms with Gasteiger partial charge in [0.25, 0.3) is 5.91 Å². The molecule has 32 heavy (non-hydrogen) atoms. The number of benzene rings is 1. The molecule has 3 rings (SSSR count). The summed E-state index contributed by atoms with van der Waals surface area (Å²) in [4.78, 5) is 20.2. The quantitative estimate of drug-likeness (QED) is 0.631. The van der Waals surface area contributed by atoms with Gasteiger partial charge in [-0.25, -0.2) is 22.5 Å². The van der Waals surface area contributed by atoms with Gasteiger partial charge in [0, 0.05) is 17.4 Å². The zero-order valence-electron chi connectivity index (χ0n) is 16.3. The lowest BCUT2D eigenvalue weighted by Crippen LogP contribution is -2.58. The summed E-state index contributed by atoms with van der Waals surface area (Å²) < 4.78 is 60.5. The van der Waals surface area contributed by atoms with Crippen LogP contribution in [0.15, 0.2) is 35.5 Å². The Morgan fingerprint density at radius 2 is 2.00 bits per heavy atom. The molecule has 2 heterocycles. The predicted octanol–water partition coefficient (Wildman–Crippen LogP) is 3.23. The number of anilines is 1. The van der Waals surface area contributed by atoms with Crippen LogP contribution in [0.3, 0.4) is 0 Å². The molecular formula is C20H16ClF4N5O2. The standard InChI is InChI=1S/C20H16ClF4N5O2/c21-14-3-11(5-26)6-28-16(14)17(31)29-12-1-2-15(25)13(4-12)19(7-22)10-32-20(8-23,9-24)18(27)30-19/h1-4,6H,7-10H2,(H2,27,30)(H,29,31)/t19-/m0/s1. The van der Waals surface area contributed by atoms with Gasteiger partial charge in [0.1, 0.15) is 49.0 Å². The summed E-state index contributed by atoms with van der Waals surface area (Å²) in [7, 11) is 0. The van der Waals surface area contributed by atoms with Crippen LogP contribution in [0.1, 0.15) is 21.6 Å². The average Bonchev–Trinajstić information content (AvgIpc) is 2.80. The molecule has 1 amide bonds. The summed E-state index contributed by atoms with van der Waals surface area (Å²) in [5.41, 5.74) is 1.12. The number of ether oxygens (including phenoxy) is 1. The molecule has 0 unspecified atom stereocenters. The Labute approximate surface area is 184 Å². The van der Waals surface area contributed by atoms with Crippen LogP contribution in [0.25, 0.3) is 0 Å². The van der Waals surface area contributed by atoms with Crippen molar-refractivity contribution in [3.63, 3.8) is 0 Å². The number of aromatic nitrogens is 1. The highest BCUT2D eigenvalue weighted by Crippen LogP contribution is 2.37. The molecular weight excluding hydrogens is 454 g/mol. The summed E-state index contributed by atoms with van der Waals surface area (Å²) in [5.74, 6) is -2.32.